The predicted octanol–water partition coefficient (Wildman–Crippen LogP) is 3.35. The molecule has 3 nitrogen and oxygen atoms in total. The molecule has 1 aliphatic rings. The Labute approximate surface area is 116 Å². The molecule has 0 atom stereocenters. The summed E-state index contributed by atoms with van der Waals surface area (Å²) in [5.41, 5.74) is 2.24. The number of carbonyl (C=O) groups is 1. The zero-order valence-corrected chi connectivity index (χ0v) is 11.6. The lowest BCUT2D eigenvalue weighted by molar-refractivity contribution is 0.0961. The number of thioether (sulfide) groups is 1. The maximum Gasteiger partial charge on any atom is 0.293 e. The summed E-state index contributed by atoms with van der Waals surface area (Å²) in [4.78, 5) is 14.3. The lowest BCUT2D eigenvalue weighted by atomic mass is 10.2. The van der Waals surface area contributed by atoms with Gasteiger partial charge in [-0.15, -0.1) is 0 Å². The number of carbonyl (C=O) groups excluding carboxylic acids is 1. The number of fused-ring (bicyclic) bond motifs is 1. The van der Waals surface area contributed by atoms with Gasteiger partial charge in [0.25, 0.3) is 5.91 Å². The van der Waals surface area contributed by atoms with Crippen molar-refractivity contribution in [1.82, 2.24) is 0 Å². The standard InChI is InChI=1S/C15H15NO2S/c1-19-10-12-6-7-14(18-12)15(17)16-9-8-11-4-2-3-5-13(11)16/h2-7H,8-10H2,1H3. The number of nitrogens with zero attached hydrogens (tertiary/aromatic N) is 1. The number of rotatable bonds is 3. The second kappa shape index (κ2) is 5.13. The summed E-state index contributed by atoms with van der Waals surface area (Å²) < 4.78 is 5.60. The molecule has 0 saturated carbocycles. The fourth-order valence-corrected chi connectivity index (χ4v) is 2.83. The fourth-order valence-electron chi connectivity index (χ4n) is 2.39. The van der Waals surface area contributed by atoms with Crippen LogP contribution in [0.1, 0.15) is 21.9 Å². The van der Waals surface area contributed by atoms with E-state index in [2.05, 4.69) is 6.07 Å². The van der Waals surface area contributed by atoms with Gasteiger partial charge in [-0.1, -0.05) is 18.2 Å². The van der Waals surface area contributed by atoms with Crippen LogP contribution in [0, 0.1) is 0 Å². The number of hydrogen-bond donors (Lipinski definition) is 0. The molecule has 0 unspecified atom stereocenters. The van der Waals surface area contributed by atoms with Crippen LogP contribution in [0.25, 0.3) is 0 Å². The summed E-state index contributed by atoms with van der Waals surface area (Å²) in [6.45, 7) is 0.733. The van der Waals surface area contributed by atoms with E-state index < -0.39 is 0 Å². The average Bonchev–Trinajstić information content (AvgIpc) is 3.05. The molecule has 0 aliphatic carbocycles. The van der Waals surface area contributed by atoms with Crippen molar-refractivity contribution in [2.24, 2.45) is 0 Å². The van der Waals surface area contributed by atoms with Gasteiger partial charge in [0.1, 0.15) is 5.76 Å². The molecule has 0 bridgehead atoms. The van der Waals surface area contributed by atoms with Gasteiger partial charge in [0.15, 0.2) is 5.76 Å². The lowest BCUT2D eigenvalue weighted by Gasteiger charge is -2.15. The van der Waals surface area contributed by atoms with Gasteiger partial charge in [0.05, 0.1) is 5.75 Å². The molecule has 1 aliphatic heterocycles. The van der Waals surface area contributed by atoms with E-state index in [1.807, 2.05) is 30.5 Å². The van der Waals surface area contributed by atoms with Gasteiger partial charge >= 0.3 is 0 Å². The van der Waals surface area contributed by atoms with E-state index in [1.165, 1.54) is 5.56 Å². The van der Waals surface area contributed by atoms with Crippen molar-refractivity contribution >= 4 is 23.4 Å². The van der Waals surface area contributed by atoms with Crippen molar-refractivity contribution in [2.45, 2.75) is 12.2 Å². The Morgan fingerprint density at radius 2 is 2.16 bits per heavy atom. The molecule has 0 saturated heterocycles. The van der Waals surface area contributed by atoms with E-state index in [4.69, 9.17) is 4.42 Å². The average molecular weight is 273 g/mol. The summed E-state index contributed by atoms with van der Waals surface area (Å²) in [6.07, 6.45) is 2.93. The second-order valence-electron chi connectivity index (χ2n) is 4.53. The quantitative estimate of drug-likeness (QED) is 0.860. The van der Waals surface area contributed by atoms with E-state index in [0.29, 0.717) is 5.76 Å². The summed E-state index contributed by atoms with van der Waals surface area (Å²) in [5.74, 6) is 2.03. The highest BCUT2D eigenvalue weighted by molar-refractivity contribution is 7.97. The Kier molecular flexibility index (Phi) is 3.34. The molecule has 1 aromatic heterocycles. The Morgan fingerprint density at radius 3 is 3.00 bits per heavy atom. The van der Waals surface area contributed by atoms with Crippen molar-refractivity contribution in [2.75, 3.05) is 17.7 Å². The van der Waals surface area contributed by atoms with E-state index in [-0.39, 0.29) is 5.91 Å². The number of hydrogen-bond acceptors (Lipinski definition) is 3. The van der Waals surface area contributed by atoms with Crippen LogP contribution in [-0.4, -0.2) is 18.7 Å². The van der Waals surface area contributed by atoms with Gasteiger partial charge in [-0.25, -0.2) is 0 Å². The summed E-state index contributed by atoms with van der Waals surface area (Å²) in [5, 5.41) is 0. The maximum atomic E-state index is 12.5. The molecule has 0 N–H and O–H groups in total. The largest absolute Gasteiger partial charge is 0.455 e. The number of furan rings is 1. The Balaban J connectivity index is 1.85. The van der Waals surface area contributed by atoms with Crippen LogP contribution >= 0.6 is 11.8 Å². The molecule has 2 heterocycles. The number of para-hydroxylation sites is 1. The minimum absolute atomic E-state index is 0.0442. The van der Waals surface area contributed by atoms with E-state index >= 15 is 0 Å². The van der Waals surface area contributed by atoms with Gasteiger partial charge < -0.3 is 9.32 Å². The lowest BCUT2D eigenvalue weighted by Crippen LogP contribution is -2.28. The Bertz CT molecular complexity index is 606. The molecule has 1 amide bonds. The third-order valence-electron chi connectivity index (χ3n) is 3.29. The Hall–Kier alpha value is -1.68. The predicted molar refractivity (Wildman–Crippen MR) is 77.7 cm³/mol. The third-order valence-corrected chi connectivity index (χ3v) is 3.86. The van der Waals surface area contributed by atoms with Crippen LogP contribution in [0.4, 0.5) is 5.69 Å². The molecule has 0 spiro atoms. The molecular formula is C15H15NO2S. The van der Waals surface area contributed by atoms with Crippen molar-refractivity contribution < 1.29 is 9.21 Å². The van der Waals surface area contributed by atoms with E-state index in [9.17, 15) is 4.79 Å². The molecular weight excluding hydrogens is 258 g/mol. The maximum absolute atomic E-state index is 12.5. The molecule has 0 fully saturated rings. The van der Waals surface area contributed by atoms with E-state index in [1.54, 1.807) is 22.7 Å². The highest BCUT2D eigenvalue weighted by Crippen LogP contribution is 2.29. The monoisotopic (exact) mass is 273 g/mol. The van der Waals surface area contributed by atoms with Gasteiger partial charge in [0, 0.05) is 12.2 Å². The van der Waals surface area contributed by atoms with Crippen LogP contribution < -0.4 is 4.90 Å². The van der Waals surface area contributed by atoms with Crippen molar-refractivity contribution in [3.05, 3.63) is 53.5 Å². The molecule has 4 heteroatoms. The molecule has 98 valence electrons. The first-order chi connectivity index (χ1) is 9.29. The van der Waals surface area contributed by atoms with Gasteiger partial charge in [-0.3, -0.25) is 4.79 Å². The SMILES string of the molecule is CSCc1ccc(C(=O)N2CCc3ccccc32)o1. The smallest absolute Gasteiger partial charge is 0.293 e. The molecule has 19 heavy (non-hydrogen) atoms. The fraction of sp³-hybridized carbons (Fsp3) is 0.267. The second-order valence-corrected chi connectivity index (χ2v) is 5.40. The zero-order valence-electron chi connectivity index (χ0n) is 10.8. The van der Waals surface area contributed by atoms with E-state index in [0.717, 1.165) is 30.2 Å². The van der Waals surface area contributed by atoms with Crippen LogP contribution in [0.5, 0.6) is 0 Å². The molecule has 2 aromatic rings. The minimum Gasteiger partial charge on any atom is -0.455 e. The third kappa shape index (κ3) is 2.28. The normalized spacial score (nSPS) is 13.6. The van der Waals surface area contributed by atoms with Crippen LogP contribution in [0.3, 0.4) is 0 Å². The summed E-state index contributed by atoms with van der Waals surface area (Å²) >= 11 is 1.68. The zero-order chi connectivity index (χ0) is 13.2. The first kappa shape index (κ1) is 12.4. The van der Waals surface area contributed by atoms with Crippen LogP contribution in [-0.2, 0) is 12.2 Å². The minimum atomic E-state index is -0.0442. The Morgan fingerprint density at radius 1 is 1.32 bits per heavy atom. The summed E-state index contributed by atoms with van der Waals surface area (Å²) in [7, 11) is 0. The topological polar surface area (TPSA) is 33.5 Å². The van der Waals surface area contributed by atoms with Crippen molar-refractivity contribution in [3.63, 3.8) is 0 Å². The number of amides is 1. The van der Waals surface area contributed by atoms with Crippen molar-refractivity contribution in [1.29, 1.82) is 0 Å². The first-order valence-corrected chi connectivity index (χ1v) is 7.66. The van der Waals surface area contributed by atoms with Crippen LogP contribution in [0.2, 0.25) is 0 Å². The van der Waals surface area contributed by atoms with Crippen LogP contribution in [0.15, 0.2) is 40.8 Å². The summed E-state index contributed by atoms with van der Waals surface area (Å²) in [6, 6.07) is 11.7. The van der Waals surface area contributed by atoms with Gasteiger partial charge in [-0.2, -0.15) is 11.8 Å². The highest BCUT2D eigenvalue weighted by Gasteiger charge is 2.26. The molecule has 1 aromatic carbocycles. The molecule has 0 radical (unpaired) electrons. The van der Waals surface area contributed by atoms with Gasteiger partial charge in [0.2, 0.25) is 0 Å². The highest BCUT2D eigenvalue weighted by atomic mass is 32.2. The number of benzene rings is 1. The first-order valence-electron chi connectivity index (χ1n) is 6.27. The van der Waals surface area contributed by atoms with Crippen molar-refractivity contribution in [3.8, 4) is 0 Å². The molecule has 3 rings (SSSR count). The number of anilines is 1. The van der Waals surface area contributed by atoms with Gasteiger partial charge in [-0.05, 0) is 36.4 Å².